The van der Waals surface area contributed by atoms with E-state index in [4.69, 9.17) is 0 Å². The van der Waals surface area contributed by atoms with Crippen LogP contribution in [0.2, 0.25) is 0 Å². The predicted octanol–water partition coefficient (Wildman–Crippen LogP) is 2.78. The molecule has 108 valence electrons. The smallest absolute Gasteiger partial charge is 0.253 e. The summed E-state index contributed by atoms with van der Waals surface area (Å²) < 4.78 is 0.835. The molecule has 5 heteroatoms. The van der Waals surface area contributed by atoms with Crippen LogP contribution in [0.5, 0.6) is 0 Å². The van der Waals surface area contributed by atoms with Crippen LogP contribution in [0.3, 0.4) is 0 Å². The SMILES string of the molecule is CCC1(CC)NC(=O)CN(c2ccc(C)cc2Br)C1=O. The van der Waals surface area contributed by atoms with Crippen molar-refractivity contribution in [3.63, 3.8) is 0 Å². The predicted molar refractivity (Wildman–Crippen MR) is 82.7 cm³/mol. The van der Waals surface area contributed by atoms with Crippen LogP contribution in [-0.2, 0) is 9.59 Å². The molecule has 1 aliphatic heterocycles. The Kier molecular flexibility index (Phi) is 4.18. The van der Waals surface area contributed by atoms with Gasteiger partial charge >= 0.3 is 0 Å². The molecule has 20 heavy (non-hydrogen) atoms. The van der Waals surface area contributed by atoms with Crippen molar-refractivity contribution >= 4 is 33.4 Å². The fourth-order valence-corrected chi connectivity index (χ4v) is 3.30. The maximum absolute atomic E-state index is 12.8. The van der Waals surface area contributed by atoms with E-state index in [9.17, 15) is 9.59 Å². The van der Waals surface area contributed by atoms with Crippen LogP contribution in [0.1, 0.15) is 32.3 Å². The summed E-state index contributed by atoms with van der Waals surface area (Å²) in [6, 6.07) is 5.78. The van der Waals surface area contributed by atoms with E-state index in [1.165, 1.54) is 0 Å². The van der Waals surface area contributed by atoms with Gasteiger partial charge in [0.15, 0.2) is 0 Å². The van der Waals surface area contributed by atoms with E-state index < -0.39 is 5.54 Å². The number of halogens is 1. The van der Waals surface area contributed by atoms with Crippen LogP contribution in [0, 0.1) is 6.92 Å². The summed E-state index contributed by atoms with van der Waals surface area (Å²) in [6.45, 7) is 5.91. The minimum atomic E-state index is -0.778. The zero-order valence-corrected chi connectivity index (χ0v) is 13.6. The number of nitrogens with zero attached hydrogens (tertiary/aromatic N) is 1. The van der Waals surface area contributed by atoms with Crippen LogP contribution in [0.15, 0.2) is 22.7 Å². The Labute approximate surface area is 127 Å². The number of benzene rings is 1. The molecule has 0 aromatic heterocycles. The lowest BCUT2D eigenvalue weighted by molar-refractivity contribution is -0.136. The van der Waals surface area contributed by atoms with Crippen molar-refractivity contribution in [3.8, 4) is 0 Å². The van der Waals surface area contributed by atoms with E-state index in [1.807, 2.05) is 39.0 Å². The number of hydrogen-bond donors (Lipinski definition) is 1. The van der Waals surface area contributed by atoms with Crippen LogP contribution < -0.4 is 10.2 Å². The number of hydrogen-bond acceptors (Lipinski definition) is 2. The molecule has 1 saturated heterocycles. The molecule has 0 aliphatic carbocycles. The normalized spacial score (nSPS) is 18.1. The first-order valence-electron chi connectivity index (χ1n) is 6.82. The number of rotatable bonds is 3. The van der Waals surface area contributed by atoms with E-state index in [0.29, 0.717) is 12.8 Å². The minimum Gasteiger partial charge on any atom is -0.340 e. The Balaban J connectivity index is 2.45. The number of carbonyl (C=O) groups is 2. The highest BCUT2D eigenvalue weighted by Crippen LogP contribution is 2.32. The van der Waals surface area contributed by atoms with E-state index >= 15 is 0 Å². The van der Waals surface area contributed by atoms with Crippen molar-refractivity contribution in [1.82, 2.24) is 5.32 Å². The van der Waals surface area contributed by atoms with E-state index in [-0.39, 0.29) is 18.4 Å². The summed E-state index contributed by atoms with van der Waals surface area (Å²) in [5.74, 6) is -0.146. The molecule has 0 bridgehead atoms. The van der Waals surface area contributed by atoms with E-state index in [0.717, 1.165) is 15.7 Å². The third-order valence-corrected chi connectivity index (χ3v) is 4.57. The topological polar surface area (TPSA) is 49.4 Å². The Morgan fingerprint density at radius 2 is 1.95 bits per heavy atom. The van der Waals surface area contributed by atoms with Gasteiger partial charge in [-0.3, -0.25) is 14.5 Å². The second-order valence-corrected chi connectivity index (χ2v) is 6.04. The third kappa shape index (κ3) is 2.46. The molecular weight excluding hydrogens is 320 g/mol. The fourth-order valence-electron chi connectivity index (χ4n) is 2.59. The Morgan fingerprint density at radius 1 is 1.30 bits per heavy atom. The average Bonchev–Trinajstić information content (AvgIpc) is 2.41. The Morgan fingerprint density at radius 3 is 2.50 bits per heavy atom. The Bertz CT molecular complexity index is 553. The standard InChI is InChI=1S/C15H19BrN2O2/c1-4-15(5-2)14(20)18(9-13(19)17-15)12-7-6-10(3)8-11(12)16/h6-8H,4-5,9H2,1-3H3,(H,17,19). The molecule has 1 N–H and O–H groups in total. The Hall–Kier alpha value is -1.36. The van der Waals surface area contributed by atoms with E-state index in [1.54, 1.807) is 4.90 Å². The lowest BCUT2D eigenvalue weighted by atomic mass is 9.88. The molecule has 1 fully saturated rings. The molecule has 1 heterocycles. The van der Waals surface area contributed by atoms with Gasteiger partial charge in [0.1, 0.15) is 12.1 Å². The van der Waals surface area contributed by atoms with Gasteiger partial charge in [-0.2, -0.15) is 0 Å². The number of aryl methyl sites for hydroxylation is 1. The van der Waals surface area contributed by atoms with Crippen LogP contribution >= 0.6 is 15.9 Å². The summed E-state index contributed by atoms with van der Waals surface area (Å²) in [5, 5.41) is 2.86. The molecule has 0 atom stereocenters. The molecular formula is C15H19BrN2O2. The third-order valence-electron chi connectivity index (χ3n) is 3.94. The molecule has 2 rings (SSSR count). The largest absolute Gasteiger partial charge is 0.340 e. The molecule has 4 nitrogen and oxygen atoms in total. The summed E-state index contributed by atoms with van der Waals surface area (Å²) in [5.41, 5.74) is 1.08. The van der Waals surface area contributed by atoms with E-state index in [2.05, 4.69) is 21.2 Å². The average molecular weight is 339 g/mol. The second-order valence-electron chi connectivity index (χ2n) is 5.18. The number of anilines is 1. The number of carbonyl (C=O) groups excluding carboxylic acids is 2. The maximum Gasteiger partial charge on any atom is 0.253 e. The summed E-state index contributed by atoms with van der Waals surface area (Å²) in [4.78, 5) is 26.3. The lowest BCUT2D eigenvalue weighted by Crippen LogP contribution is -2.66. The summed E-state index contributed by atoms with van der Waals surface area (Å²) >= 11 is 3.49. The maximum atomic E-state index is 12.8. The first-order chi connectivity index (χ1) is 9.43. The quantitative estimate of drug-likeness (QED) is 0.921. The highest BCUT2D eigenvalue weighted by Gasteiger charge is 2.44. The van der Waals surface area contributed by atoms with Gasteiger partial charge in [0.25, 0.3) is 5.91 Å². The van der Waals surface area contributed by atoms with Crippen molar-refractivity contribution in [3.05, 3.63) is 28.2 Å². The van der Waals surface area contributed by atoms with Crippen molar-refractivity contribution < 1.29 is 9.59 Å². The fraction of sp³-hybridized carbons (Fsp3) is 0.467. The highest BCUT2D eigenvalue weighted by molar-refractivity contribution is 9.10. The molecule has 2 amide bonds. The van der Waals surface area contributed by atoms with Crippen molar-refractivity contribution in [2.45, 2.75) is 39.2 Å². The number of piperazine rings is 1. The van der Waals surface area contributed by atoms with Crippen molar-refractivity contribution in [1.29, 1.82) is 0 Å². The first-order valence-corrected chi connectivity index (χ1v) is 7.62. The molecule has 1 aliphatic rings. The van der Waals surface area contributed by atoms with Gasteiger partial charge in [-0.05, 0) is 53.4 Å². The lowest BCUT2D eigenvalue weighted by Gasteiger charge is -2.41. The van der Waals surface area contributed by atoms with Crippen LogP contribution in [0.25, 0.3) is 0 Å². The first kappa shape index (κ1) is 15.0. The van der Waals surface area contributed by atoms with Crippen molar-refractivity contribution in [2.75, 3.05) is 11.4 Å². The summed E-state index contributed by atoms with van der Waals surface area (Å²) in [7, 11) is 0. The molecule has 0 unspecified atom stereocenters. The van der Waals surface area contributed by atoms with Crippen LogP contribution in [0.4, 0.5) is 5.69 Å². The molecule has 1 aromatic rings. The second kappa shape index (κ2) is 5.56. The van der Waals surface area contributed by atoms with Gasteiger partial charge in [0.2, 0.25) is 5.91 Å². The molecule has 1 aromatic carbocycles. The van der Waals surface area contributed by atoms with Gasteiger partial charge in [0, 0.05) is 4.47 Å². The van der Waals surface area contributed by atoms with Gasteiger partial charge in [-0.15, -0.1) is 0 Å². The van der Waals surface area contributed by atoms with Crippen molar-refractivity contribution in [2.24, 2.45) is 0 Å². The summed E-state index contributed by atoms with van der Waals surface area (Å²) in [6.07, 6.45) is 1.18. The number of amides is 2. The van der Waals surface area contributed by atoms with Gasteiger partial charge in [-0.1, -0.05) is 19.9 Å². The van der Waals surface area contributed by atoms with Gasteiger partial charge < -0.3 is 5.32 Å². The number of nitrogens with one attached hydrogen (secondary N) is 1. The zero-order valence-electron chi connectivity index (χ0n) is 12.0. The molecule has 0 radical (unpaired) electrons. The van der Waals surface area contributed by atoms with Gasteiger partial charge in [-0.25, -0.2) is 0 Å². The minimum absolute atomic E-state index is 0.0355. The van der Waals surface area contributed by atoms with Crippen LogP contribution in [-0.4, -0.2) is 23.9 Å². The monoisotopic (exact) mass is 338 g/mol. The zero-order chi connectivity index (χ0) is 14.9. The highest BCUT2D eigenvalue weighted by atomic mass is 79.9. The molecule has 0 spiro atoms. The molecule has 0 saturated carbocycles. The van der Waals surface area contributed by atoms with Gasteiger partial charge in [0.05, 0.1) is 5.69 Å².